The van der Waals surface area contributed by atoms with Gasteiger partial charge >= 0.3 is 0 Å². The van der Waals surface area contributed by atoms with Crippen molar-refractivity contribution in [3.63, 3.8) is 0 Å². The standard InChI is InChI=1S/C22H28N2O2S/c1-4-5-13-24(3)22(26)19-17-12-11-15(2)14-18(17)27-21(19)23-20(25)16-9-7-6-8-10-16/h6-10,15H,4-5,11-14H2,1-3H3,(H,23,25)/t15-/m0/s1. The Morgan fingerprint density at radius 3 is 2.70 bits per heavy atom. The highest BCUT2D eigenvalue weighted by molar-refractivity contribution is 7.17. The third-order valence-electron chi connectivity index (χ3n) is 5.18. The van der Waals surface area contributed by atoms with Crippen LogP contribution in [0.1, 0.15) is 64.3 Å². The van der Waals surface area contributed by atoms with E-state index in [-0.39, 0.29) is 11.8 Å². The fourth-order valence-corrected chi connectivity index (χ4v) is 4.92. The van der Waals surface area contributed by atoms with Crippen LogP contribution in [0, 0.1) is 5.92 Å². The van der Waals surface area contributed by atoms with Gasteiger partial charge < -0.3 is 10.2 Å². The number of thiophene rings is 1. The van der Waals surface area contributed by atoms with Crippen LogP contribution in [-0.4, -0.2) is 30.3 Å². The summed E-state index contributed by atoms with van der Waals surface area (Å²) in [4.78, 5) is 28.9. The molecule has 1 atom stereocenters. The molecule has 0 aliphatic heterocycles. The van der Waals surface area contributed by atoms with Crippen molar-refractivity contribution in [3.8, 4) is 0 Å². The summed E-state index contributed by atoms with van der Waals surface area (Å²) < 4.78 is 0. The second-order valence-electron chi connectivity index (χ2n) is 7.46. The molecule has 0 spiro atoms. The zero-order valence-corrected chi connectivity index (χ0v) is 17.2. The molecule has 144 valence electrons. The summed E-state index contributed by atoms with van der Waals surface area (Å²) in [6.45, 7) is 5.11. The maximum absolute atomic E-state index is 13.2. The number of fused-ring (bicyclic) bond motifs is 1. The molecule has 0 unspecified atom stereocenters. The summed E-state index contributed by atoms with van der Waals surface area (Å²) in [5, 5.41) is 3.73. The normalized spacial score (nSPS) is 15.9. The van der Waals surface area contributed by atoms with E-state index in [9.17, 15) is 9.59 Å². The summed E-state index contributed by atoms with van der Waals surface area (Å²) in [7, 11) is 1.86. The average Bonchev–Trinajstić information content (AvgIpc) is 3.02. The van der Waals surface area contributed by atoms with E-state index >= 15 is 0 Å². The van der Waals surface area contributed by atoms with E-state index in [1.54, 1.807) is 28.4 Å². The average molecular weight is 385 g/mol. The van der Waals surface area contributed by atoms with Gasteiger partial charge in [-0.3, -0.25) is 9.59 Å². The number of nitrogens with zero attached hydrogens (tertiary/aromatic N) is 1. The molecule has 0 fully saturated rings. The van der Waals surface area contributed by atoms with E-state index in [0.29, 0.717) is 22.0 Å². The first-order valence-electron chi connectivity index (χ1n) is 9.77. The highest BCUT2D eigenvalue weighted by atomic mass is 32.1. The Kier molecular flexibility index (Phi) is 6.32. The van der Waals surface area contributed by atoms with Gasteiger partial charge in [0.25, 0.3) is 11.8 Å². The molecule has 1 aromatic carbocycles. The van der Waals surface area contributed by atoms with Gasteiger partial charge in [0.2, 0.25) is 0 Å². The Morgan fingerprint density at radius 1 is 1.26 bits per heavy atom. The Morgan fingerprint density at radius 2 is 2.00 bits per heavy atom. The number of amides is 2. The molecule has 4 nitrogen and oxygen atoms in total. The van der Waals surface area contributed by atoms with Gasteiger partial charge in [0, 0.05) is 24.0 Å². The highest BCUT2D eigenvalue weighted by Gasteiger charge is 2.29. The van der Waals surface area contributed by atoms with Crippen molar-refractivity contribution >= 4 is 28.2 Å². The molecule has 2 aromatic rings. The van der Waals surface area contributed by atoms with Crippen LogP contribution >= 0.6 is 11.3 Å². The quantitative estimate of drug-likeness (QED) is 0.762. The molecular weight excluding hydrogens is 356 g/mol. The molecule has 1 N–H and O–H groups in total. The zero-order chi connectivity index (χ0) is 19.4. The predicted molar refractivity (Wildman–Crippen MR) is 112 cm³/mol. The molecule has 2 amide bonds. The second kappa shape index (κ2) is 8.70. The third-order valence-corrected chi connectivity index (χ3v) is 6.35. The van der Waals surface area contributed by atoms with Crippen LogP contribution in [0.2, 0.25) is 0 Å². The highest BCUT2D eigenvalue weighted by Crippen LogP contribution is 2.40. The fraction of sp³-hybridized carbons (Fsp3) is 0.455. The fourth-order valence-electron chi connectivity index (χ4n) is 3.52. The first kappa shape index (κ1) is 19.6. The minimum atomic E-state index is -0.160. The first-order valence-corrected chi connectivity index (χ1v) is 10.6. The summed E-state index contributed by atoms with van der Waals surface area (Å²) in [6, 6.07) is 9.17. The van der Waals surface area contributed by atoms with Crippen LogP contribution < -0.4 is 5.32 Å². The van der Waals surface area contributed by atoms with Gasteiger partial charge in [-0.05, 0) is 49.3 Å². The largest absolute Gasteiger partial charge is 0.342 e. The Balaban J connectivity index is 1.92. The Bertz CT molecular complexity index is 813. The maximum Gasteiger partial charge on any atom is 0.256 e. The van der Waals surface area contributed by atoms with E-state index in [2.05, 4.69) is 19.2 Å². The van der Waals surface area contributed by atoms with Crippen molar-refractivity contribution in [3.05, 3.63) is 51.9 Å². The van der Waals surface area contributed by atoms with Gasteiger partial charge in [-0.2, -0.15) is 0 Å². The predicted octanol–water partition coefficient (Wildman–Crippen LogP) is 5.00. The SMILES string of the molecule is CCCCN(C)C(=O)c1c(NC(=O)c2ccccc2)sc2c1CC[C@H](C)C2. The minimum absolute atomic E-state index is 0.0267. The molecule has 0 bridgehead atoms. The molecule has 0 saturated heterocycles. The lowest BCUT2D eigenvalue weighted by molar-refractivity contribution is 0.0793. The van der Waals surface area contributed by atoms with Gasteiger partial charge in [0.05, 0.1) is 5.56 Å². The molecule has 1 aromatic heterocycles. The molecule has 1 aliphatic carbocycles. The monoisotopic (exact) mass is 384 g/mol. The molecule has 1 aliphatic rings. The van der Waals surface area contributed by atoms with Gasteiger partial charge in [0.1, 0.15) is 5.00 Å². The number of hydrogen-bond acceptors (Lipinski definition) is 3. The second-order valence-corrected chi connectivity index (χ2v) is 8.56. The van der Waals surface area contributed by atoms with Crippen LogP contribution in [-0.2, 0) is 12.8 Å². The van der Waals surface area contributed by atoms with Crippen molar-refractivity contribution in [1.29, 1.82) is 0 Å². The summed E-state index contributed by atoms with van der Waals surface area (Å²) in [6.07, 6.45) is 5.03. The number of hydrogen-bond donors (Lipinski definition) is 1. The molecular formula is C22H28N2O2S. The lowest BCUT2D eigenvalue weighted by Gasteiger charge is -2.21. The Hall–Kier alpha value is -2.14. The van der Waals surface area contributed by atoms with E-state index in [1.807, 2.05) is 25.2 Å². The summed E-state index contributed by atoms with van der Waals surface area (Å²) in [5.41, 5.74) is 2.47. The molecule has 3 rings (SSSR count). The van der Waals surface area contributed by atoms with Crippen molar-refractivity contribution in [1.82, 2.24) is 4.90 Å². The topological polar surface area (TPSA) is 49.4 Å². The Labute approximate surface area is 165 Å². The van der Waals surface area contributed by atoms with Crippen molar-refractivity contribution in [2.75, 3.05) is 18.9 Å². The number of rotatable bonds is 6. The smallest absolute Gasteiger partial charge is 0.256 e. The number of carbonyl (C=O) groups excluding carboxylic acids is 2. The van der Waals surface area contributed by atoms with Crippen molar-refractivity contribution < 1.29 is 9.59 Å². The van der Waals surface area contributed by atoms with Crippen LogP contribution in [0.3, 0.4) is 0 Å². The maximum atomic E-state index is 13.2. The van der Waals surface area contributed by atoms with Crippen LogP contribution in [0.5, 0.6) is 0 Å². The van der Waals surface area contributed by atoms with Crippen molar-refractivity contribution in [2.24, 2.45) is 5.92 Å². The third kappa shape index (κ3) is 4.41. The summed E-state index contributed by atoms with van der Waals surface area (Å²) in [5.74, 6) is 0.487. The number of carbonyl (C=O) groups is 2. The van der Waals surface area contributed by atoms with Gasteiger partial charge in [-0.15, -0.1) is 11.3 Å². The minimum Gasteiger partial charge on any atom is -0.342 e. The number of nitrogens with one attached hydrogen (secondary N) is 1. The van der Waals surface area contributed by atoms with Crippen LogP contribution in [0.25, 0.3) is 0 Å². The van der Waals surface area contributed by atoms with E-state index in [0.717, 1.165) is 44.2 Å². The van der Waals surface area contributed by atoms with Crippen LogP contribution in [0.15, 0.2) is 30.3 Å². The molecule has 1 heterocycles. The van der Waals surface area contributed by atoms with E-state index < -0.39 is 0 Å². The number of unbranched alkanes of at least 4 members (excludes halogenated alkanes) is 1. The molecule has 5 heteroatoms. The number of anilines is 1. The lowest BCUT2D eigenvalue weighted by atomic mass is 9.88. The molecule has 27 heavy (non-hydrogen) atoms. The van der Waals surface area contributed by atoms with Gasteiger partial charge in [0.15, 0.2) is 0 Å². The molecule has 0 saturated carbocycles. The van der Waals surface area contributed by atoms with Gasteiger partial charge in [-0.1, -0.05) is 38.5 Å². The van der Waals surface area contributed by atoms with Crippen molar-refractivity contribution in [2.45, 2.75) is 46.0 Å². The van der Waals surface area contributed by atoms with Crippen LogP contribution in [0.4, 0.5) is 5.00 Å². The van der Waals surface area contributed by atoms with E-state index in [1.165, 1.54) is 4.88 Å². The lowest BCUT2D eigenvalue weighted by Crippen LogP contribution is -2.29. The molecule has 0 radical (unpaired) electrons. The first-order chi connectivity index (χ1) is 13.0. The van der Waals surface area contributed by atoms with E-state index in [4.69, 9.17) is 0 Å². The zero-order valence-electron chi connectivity index (χ0n) is 16.4. The summed E-state index contributed by atoms with van der Waals surface area (Å²) >= 11 is 1.58. The van der Waals surface area contributed by atoms with Gasteiger partial charge in [-0.25, -0.2) is 0 Å². The number of benzene rings is 1.